The van der Waals surface area contributed by atoms with E-state index in [-0.39, 0.29) is 11.3 Å². The van der Waals surface area contributed by atoms with E-state index in [1.807, 2.05) is 18.7 Å². The summed E-state index contributed by atoms with van der Waals surface area (Å²) >= 11 is 1.94. The number of thioether (sulfide) groups is 1. The van der Waals surface area contributed by atoms with Crippen LogP contribution in [0.3, 0.4) is 0 Å². The van der Waals surface area contributed by atoms with Gasteiger partial charge in [0.2, 0.25) is 0 Å². The molecule has 1 aromatic carbocycles. The third-order valence-corrected chi connectivity index (χ3v) is 11.9. The first-order valence-electron chi connectivity index (χ1n) is 17.1. The summed E-state index contributed by atoms with van der Waals surface area (Å²) in [6.07, 6.45) is 14.8. The van der Waals surface area contributed by atoms with Crippen LogP contribution in [0.15, 0.2) is 59.2 Å². The van der Waals surface area contributed by atoms with E-state index in [2.05, 4.69) is 80.7 Å². The molecule has 0 radical (unpaired) electrons. The minimum absolute atomic E-state index is 0.123. The van der Waals surface area contributed by atoms with Gasteiger partial charge in [0, 0.05) is 61.4 Å². The fourth-order valence-corrected chi connectivity index (χ4v) is 8.79. The number of benzene rings is 1. The van der Waals surface area contributed by atoms with Gasteiger partial charge in [0.25, 0.3) is 0 Å². The van der Waals surface area contributed by atoms with Crippen molar-refractivity contribution in [2.24, 2.45) is 5.41 Å². The van der Waals surface area contributed by atoms with E-state index in [4.69, 9.17) is 4.74 Å². The maximum Gasteiger partial charge on any atom is 0.115 e. The van der Waals surface area contributed by atoms with Crippen LogP contribution in [0.4, 0.5) is 5.69 Å². The maximum absolute atomic E-state index is 12.4. The number of fused-ring (bicyclic) bond motifs is 4. The Morgan fingerprint density at radius 2 is 1.74 bits per heavy atom. The van der Waals surface area contributed by atoms with Gasteiger partial charge in [-0.2, -0.15) is 0 Å². The first-order valence-corrected chi connectivity index (χ1v) is 18.1. The first-order chi connectivity index (χ1) is 20.8. The molecule has 0 amide bonds. The summed E-state index contributed by atoms with van der Waals surface area (Å²) in [5.74, 6) is 1.70. The lowest BCUT2D eigenvalue weighted by Crippen LogP contribution is -2.67. The van der Waals surface area contributed by atoms with E-state index in [1.165, 1.54) is 67.2 Å². The zero-order valence-electron chi connectivity index (χ0n) is 28.0. The molecule has 0 unspecified atom stereocenters. The zero-order valence-corrected chi connectivity index (χ0v) is 28.8. The molecule has 0 spiro atoms. The molecule has 3 saturated heterocycles. The standard InChI is InChI=1S/C37H60N3O2S/c1-7-10-18-37(19-11-8-2)29-43-34-17-15-31(38(5)6)28-33(34)35(36(37)41)30(4)14-16-32(9-3)42-27-13-12-23-40-24-20-39(21-25-40)22-26-40/h9,14-17,28,35-36,41H,4,7-8,10-13,18-27,29H2,1-3,5-6H3/q+1/b16-14-,32-9+/t35-,36-/m1/s1. The summed E-state index contributed by atoms with van der Waals surface area (Å²) in [5, 5.41) is 12.4. The number of allylic oxidation sites excluding steroid dienone is 3. The van der Waals surface area contributed by atoms with Crippen LogP contribution in [-0.4, -0.2) is 92.9 Å². The van der Waals surface area contributed by atoms with Gasteiger partial charge in [-0.1, -0.05) is 52.2 Å². The Bertz CT molecular complexity index is 1080. The van der Waals surface area contributed by atoms with Crippen LogP contribution in [0.2, 0.25) is 0 Å². The van der Waals surface area contributed by atoms with Crippen molar-refractivity contribution in [2.45, 2.75) is 89.1 Å². The van der Waals surface area contributed by atoms with Gasteiger partial charge >= 0.3 is 0 Å². The number of piperazine rings is 3. The molecule has 3 fully saturated rings. The number of aliphatic hydroxyl groups is 1. The van der Waals surface area contributed by atoms with Crippen molar-refractivity contribution in [1.82, 2.24) is 4.90 Å². The number of unbranched alkanes of at least 4 members (excludes halogenated alkanes) is 3. The van der Waals surface area contributed by atoms with Crippen molar-refractivity contribution < 1.29 is 14.3 Å². The Morgan fingerprint density at radius 3 is 2.35 bits per heavy atom. The fourth-order valence-electron chi connectivity index (χ4n) is 7.37. The second-order valence-corrected chi connectivity index (χ2v) is 14.6. The highest BCUT2D eigenvalue weighted by molar-refractivity contribution is 7.99. The summed E-state index contributed by atoms with van der Waals surface area (Å²) < 4.78 is 7.58. The number of rotatable bonds is 16. The molecule has 5 rings (SSSR count). The van der Waals surface area contributed by atoms with E-state index in [0.29, 0.717) is 0 Å². The molecule has 43 heavy (non-hydrogen) atoms. The molecule has 0 aromatic heterocycles. The summed E-state index contributed by atoms with van der Waals surface area (Å²) in [7, 11) is 4.18. The third kappa shape index (κ3) is 8.51. The number of quaternary nitrogens is 1. The molecular weight excluding hydrogens is 550 g/mol. The average Bonchev–Trinajstić information content (AvgIpc) is 3.14. The van der Waals surface area contributed by atoms with Crippen LogP contribution in [-0.2, 0) is 4.74 Å². The third-order valence-electron chi connectivity index (χ3n) is 10.5. The molecule has 0 saturated carbocycles. The van der Waals surface area contributed by atoms with Crippen molar-refractivity contribution in [3.05, 3.63) is 59.9 Å². The van der Waals surface area contributed by atoms with Crippen LogP contribution in [0.5, 0.6) is 0 Å². The SMILES string of the molecule is C=C(/C=C\C(=C/C)OCCCC[N+]12CCN(CC1)CC2)[C@@H]1c2cc(N(C)C)ccc2SCC(CCCC)(CCCC)[C@@H]1O. The number of aliphatic hydroxyl groups excluding tert-OH is 1. The lowest BCUT2D eigenvalue weighted by Gasteiger charge is -2.50. The van der Waals surface area contributed by atoms with Crippen molar-refractivity contribution >= 4 is 17.4 Å². The topological polar surface area (TPSA) is 35.9 Å². The molecule has 5 nitrogen and oxygen atoms in total. The summed E-state index contributed by atoms with van der Waals surface area (Å²) in [6.45, 7) is 21.0. The minimum atomic E-state index is -0.479. The van der Waals surface area contributed by atoms with Crippen molar-refractivity contribution in [1.29, 1.82) is 0 Å². The average molecular weight is 611 g/mol. The second kappa shape index (κ2) is 16.0. The van der Waals surface area contributed by atoms with Crippen molar-refractivity contribution in [2.75, 3.05) is 77.2 Å². The normalized spacial score (nSPS) is 26.7. The van der Waals surface area contributed by atoms with Crippen LogP contribution < -0.4 is 4.90 Å². The number of hydrogen-bond acceptors (Lipinski definition) is 5. The molecule has 240 valence electrons. The smallest absolute Gasteiger partial charge is 0.115 e. The molecule has 4 heterocycles. The minimum Gasteiger partial charge on any atom is -0.494 e. The highest BCUT2D eigenvalue weighted by Crippen LogP contribution is 2.52. The number of nitrogens with zero attached hydrogens (tertiary/aromatic N) is 3. The van der Waals surface area contributed by atoms with Crippen LogP contribution in [0, 0.1) is 5.41 Å². The molecule has 2 atom stereocenters. The van der Waals surface area contributed by atoms with Crippen molar-refractivity contribution in [3.8, 4) is 0 Å². The van der Waals surface area contributed by atoms with Gasteiger partial charge in [0.1, 0.15) is 5.76 Å². The molecule has 2 bridgehead atoms. The molecule has 1 aromatic rings. The summed E-state index contributed by atoms with van der Waals surface area (Å²) in [4.78, 5) is 6.05. The van der Waals surface area contributed by atoms with Gasteiger partial charge in [-0.05, 0) is 74.1 Å². The Morgan fingerprint density at radius 1 is 1.07 bits per heavy atom. The number of ether oxygens (including phenoxy) is 1. The Hall–Kier alpha value is -1.73. The molecular formula is C37H60N3O2S+. The van der Waals surface area contributed by atoms with Crippen molar-refractivity contribution in [3.63, 3.8) is 0 Å². The summed E-state index contributed by atoms with van der Waals surface area (Å²) in [6, 6.07) is 6.75. The van der Waals surface area contributed by atoms with Crippen LogP contribution >= 0.6 is 11.8 Å². The van der Waals surface area contributed by atoms with E-state index in [1.54, 1.807) is 0 Å². The Kier molecular flexibility index (Phi) is 12.7. The van der Waals surface area contributed by atoms with Crippen LogP contribution in [0.1, 0.15) is 83.6 Å². The van der Waals surface area contributed by atoms with Gasteiger partial charge in [-0.25, -0.2) is 0 Å². The van der Waals surface area contributed by atoms with E-state index in [9.17, 15) is 5.11 Å². The Labute approximate surface area is 267 Å². The zero-order chi connectivity index (χ0) is 30.9. The predicted molar refractivity (Wildman–Crippen MR) is 185 cm³/mol. The van der Waals surface area contributed by atoms with Crippen LogP contribution in [0.25, 0.3) is 0 Å². The highest BCUT2D eigenvalue weighted by Gasteiger charge is 2.45. The second-order valence-electron chi connectivity index (χ2n) is 13.6. The van der Waals surface area contributed by atoms with Gasteiger partial charge in [0.05, 0.1) is 38.9 Å². The van der Waals surface area contributed by atoms with Gasteiger partial charge in [0.15, 0.2) is 0 Å². The quantitative estimate of drug-likeness (QED) is 0.0902. The number of anilines is 1. The highest BCUT2D eigenvalue weighted by atomic mass is 32.2. The fraction of sp³-hybridized carbons (Fsp3) is 0.676. The monoisotopic (exact) mass is 610 g/mol. The van der Waals surface area contributed by atoms with E-state index in [0.717, 1.165) is 74.3 Å². The van der Waals surface area contributed by atoms with Gasteiger partial charge in [-0.15, -0.1) is 11.8 Å². The molecule has 0 aliphatic carbocycles. The van der Waals surface area contributed by atoms with E-state index >= 15 is 0 Å². The lowest BCUT2D eigenvalue weighted by molar-refractivity contribution is -0.941. The molecule has 6 heteroatoms. The Balaban J connectivity index is 1.46. The van der Waals surface area contributed by atoms with Gasteiger partial charge in [-0.3, -0.25) is 4.90 Å². The van der Waals surface area contributed by atoms with E-state index < -0.39 is 6.10 Å². The molecule has 4 aliphatic rings. The number of hydrogen-bond donors (Lipinski definition) is 1. The molecule has 1 N–H and O–H groups in total. The van der Waals surface area contributed by atoms with Gasteiger partial charge < -0.3 is 19.2 Å². The molecule has 4 aliphatic heterocycles. The summed E-state index contributed by atoms with van der Waals surface area (Å²) in [5.41, 5.74) is 3.22. The predicted octanol–water partition coefficient (Wildman–Crippen LogP) is 7.63. The first kappa shape index (κ1) is 34.1. The largest absolute Gasteiger partial charge is 0.494 e. The maximum atomic E-state index is 12.4. The lowest BCUT2D eigenvalue weighted by atomic mass is 9.68.